The molecule has 0 saturated carbocycles. The lowest BCUT2D eigenvalue weighted by molar-refractivity contribution is 0.0949. The van der Waals surface area contributed by atoms with E-state index in [0.29, 0.717) is 30.1 Å². The molecule has 2 aromatic rings. The average Bonchev–Trinajstić information content (AvgIpc) is 3.07. The predicted octanol–water partition coefficient (Wildman–Crippen LogP) is 2.44. The van der Waals surface area contributed by atoms with E-state index in [4.69, 9.17) is 5.26 Å². The van der Waals surface area contributed by atoms with E-state index in [2.05, 4.69) is 29.1 Å². The zero-order valence-corrected chi connectivity index (χ0v) is 12.3. The number of nitrogens with zero attached hydrogens (tertiary/aromatic N) is 2. The molecule has 2 heterocycles. The first-order valence-corrected chi connectivity index (χ1v) is 7.29. The Morgan fingerprint density at radius 1 is 1.60 bits per heavy atom. The first kappa shape index (κ1) is 14.3. The minimum absolute atomic E-state index is 0.203. The van der Waals surface area contributed by atoms with Crippen LogP contribution in [0.15, 0.2) is 17.6 Å². The molecule has 5 nitrogen and oxygen atoms in total. The third-order valence-corrected chi connectivity index (χ3v) is 3.98. The van der Waals surface area contributed by atoms with E-state index in [1.54, 1.807) is 11.3 Å². The summed E-state index contributed by atoms with van der Waals surface area (Å²) in [4.78, 5) is 19.1. The molecule has 0 aliphatic rings. The zero-order valence-electron chi connectivity index (χ0n) is 11.4. The lowest BCUT2D eigenvalue weighted by Gasteiger charge is -2.02. The highest BCUT2D eigenvalue weighted by Crippen LogP contribution is 2.19. The summed E-state index contributed by atoms with van der Waals surface area (Å²) in [6.07, 6.45) is 2.23. The summed E-state index contributed by atoms with van der Waals surface area (Å²) in [6.45, 7) is 4.76. The maximum atomic E-state index is 11.8. The van der Waals surface area contributed by atoms with Gasteiger partial charge in [0, 0.05) is 30.5 Å². The van der Waals surface area contributed by atoms with E-state index in [1.165, 1.54) is 12.3 Å². The Morgan fingerprint density at radius 2 is 2.40 bits per heavy atom. The number of thiazole rings is 1. The molecule has 20 heavy (non-hydrogen) atoms. The Hall–Kier alpha value is -2.13. The van der Waals surface area contributed by atoms with Gasteiger partial charge in [-0.2, -0.15) is 5.26 Å². The standard InChI is InChI=1S/C14H16N4OS/c1-9(2)14-18-11(8-20-14)3-4-16-13(19)12-5-10(6-15)7-17-12/h5,7-9,17H,3-4H2,1-2H3,(H,16,19). The smallest absolute Gasteiger partial charge is 0.267 e. The third-order valence-electron chi connectivity index (χ3n) is 2.79. The van der Waals surface area contributed by atoms with Gasteiger partial charge in [0.15, 0.2) is 0 Å². The quantitative estimate of drug-likeness (QED) is 0.886. The van der Waals surface area contributed by atoms with Crippen molar-refractivity contribution in [1.82, 2.24) is 15.3 Å². The lowest BCUT2D eigenvalue weighted by Crippen LogP contribution is -2.26. The van der Waals surface area contributed by atoms with Crippen LogP contribution >= 0.6 is 11.3 Å². The van der Waals surface area contributed by atoms with Crippen molar-refractivity contribution in [2.75, 3.05) is 6.54 Å². The van der Waals surface area contributed by atoms with E-state index in [9.17, 15) is 4.79 Å². The molecule has 2 aromatic heterocycles. The van der Waals surface area contributed by atoms with Crippen molar-refractivity contribution in [3.63, 3.8) is 0 Å². The highest BCUT2D eigenvalue weighted by Gasteiger charge is 2.09. The maximum Gasteiger partial charge on any atom is 0.267 e. The highest BCUT2D eigenvalue weighted by molar-refractivity contribution is 7.09. The molecule has 104 valence electrons. The summed E-state index contributed by atoms with van der Waals surface area (Å²) >= 11 is 1.65. The SMILES string of the molecule is CC(C)c1nc(CCNC(=O)c2cc(C#N)c[nH]2)cs1. The van der Waals surface area contributed by atoms with Crippen molar-refractivity contribution in [3.8, 4) is 6.07 Å². The second-order valence-electron chi connectivity index (χ2n) is 4.75. The van der Waals surface area contributed by atoms with Gasteiger partial charge in [-0.25, -0.2) is 4.98 Å². The van der Waals surface area contributed by atoms with Crippen LogP contribution in [0.5, 0.6) is 0 Å². The summed E-state index contributed by atoms with van der Waals surface area (Å²) in [5, 5.41) is 14.7. The molecule has 0 aliphatic heterocycles. The number of aromatic nitrogens is 2. The summed E-state index contributed by atoms with van der Waals surface area (Å²) in [6, 6.07) is 3.51. The van der Waals surface area contributed by atoms with E-state index in [1.807, 2.05) is 11.4 Å². The number of rotatable bonds is 5. The normalized spacial score (nSPS) is 10.5. The molecule has 0 aromatic carbocycles. The number of hydrogen-bond donors (Lipinski definition) is 2. The van der Waals surface area contributed by atoms with Gasteiger partial charge in [0.25, 0.3) is 5.91 Å². The van der Waals surface area contributed by atoms with Crippen LogP contribution in [0.4, 0.5) is 0 Å². The molecule has 0 unspecified atom stereocenters. The molecule has 0 fully saturated rings. The van der Waals surface area contributed by atoms with Crippen molar-refractivity contribution in [2.45, 2.75) is 26.2 Å². The fourth-order valence-corrected chi connectivity index (χ4v) is 2.56. The first-order valence-electron chi connectivity index (χ1n) is 6.41. The molecule has 2 N–H and O–H groups in total. The molecule has 0 atom stereocenters. The van der Waals surface area contributed by atoms with Gasteiger partial charge in [-0.1, -0.05) is 13.8 Å². The summed E-state index contributed by atoms with van der Waals surface area (Å²) in [5.41, 5.74) is 1.86. The number of nitriles is 1. The molecule has 0 aliphatic carbocycles. The Kier molecular flexibility index (Phi) is 4.53. The van der Waals surface area contributed by atoms with Gasteiger partial charge >= 0.3 is 0 Å². The number of nitrogens with one attached hydrogen (secondary N) is 2. The molecule has 0 spiro atoms. The molecule has 1 amide bonds. The molecule has 2 rings (SSSR count). The van der Waals surface area contributed by atoms with Crippen LogP contribution in [0.25, 0.3) is 0 Å². The van der Waals surface area contributed by atoms with Crippen LogP contribution in [0.2, 0.25) is 0 Å². The van der Waals surface area contributed by atoms with E-state index in [-0.39, 0.29) is 5.91 Å². The number of aromatic amines is 1. The Balaban J connectivity index is 1.83. The van der Waals surface area contributed by atoms with Crippen molar-refractivity contribution in [1.29, 1.82) is 5.26 Å². The number of hydrogen-bond acceptors (Lipinski definition) is 4. The minimum Gasteiger partial charge on any atom is -0.356 e. The molecular weight excluding hydrogens is 272 g/mol. The van der Waals surface area contributed by atoms with Crippen molar-refractivity contribution >= 4 is 17.2 Å². The topological polar surface area (TPSA) is 81.6 Å². The Morgan fingerprint density at radius 3 is 3.00 bits per heavy atom. The average molecular weight is 288 g/mol. The first-order chi connectivity index (χ1) is 9.60. The highest BCUT2D eigenvalue weighted by atomic mass is 32.1. The van der Waals surface area contributed by atoms with E-state index >= 15 is 0 Å². The number of carbonyl (C=O) groups is 1. The Bertz CT molecular complexity index is 636. The number of amides is 1. The van der Waals surface area contributed by atoms with Crippen LogP contribution in [0.3, 0.4) is 0 Å². The Labute approximate surface area is 121 Å². The molecule has 0 radical (unpaired) electrons. The monoisotopic (exact) mass is 288 g/mol. The van der Waals surface area contributed by atoms with Gasteiger partial charge in [0.1, 0.15) is 11.8 Å². The fourth-order valence-electron chi connectivity index (χ4n) is 1.69. The lowest BCUT2D eigenvalue weighted by atomic mass is 10.2. The molecular formula is C14H16N4OS. The summed E-state index contributed by atoms with van der Waals surface area (Å²) in [5.74, 6) is 0.234. The molecule has 0 bridgehead atoms. The van der Waals surface area contributed by atoms with Crippen LogP contribution in [-0.4, -0.2) is 22.4 Å². The maximum absolute atomic E-state index is 11.8. The van der Waals surface area contributed by atoms with Gasteiger partial charge in [-0.05, 0) is 6.07 Å². The van der Waals surface area contributed by atoms with Gasteiger partial charge in [0.2, 0.25) is 0 Å². The minimum atomic E-state index is -0.203. The van der Waals surface area contributed by atoms with Crippen molar-refractivity contribution in [2.24, 2.45) is 0 Å². The van der Waals surface area contributed by atoms with Crippen LogP contribution in [-0.2, 0) is 6.42 Å². The van der Waals surface area contributed by atoms with E-state index in [0.717, 1.165) is 10.7 Å². The van der Waals surface area contributed by atoms with Gasteiger partial charge in [0.05, 0.1) is 16.3 Å². The second-order valence-corrected chi connectivity index (χ2v) is 5.64. The molecule has 0 saturated heterocycles. The van der Waals surface area contributed by atoms with Crippen molar-refractivity contribution in [3.05, 3.63) is 39.6 Å². The predicted molar refractivity (Wildman–Crippen MR) is 77.7 cm³/mol. The van der Waals surface area contributed by atoms with Gasteiger partial charge in [-0.3, -0.25) is 4.79 Å². The largest absolute Gasteiger partial charge is 0.356 e. The van der Waals surface area contributed by atoms with Crippen LogP contribution < -0.4 is 5.32 Å². The van der Waals surface area contributed by atoms with Gasteiger partial charge in [-0.15, -0.1) is 11.3 Å². The van der Waals surface area contributed by atoms with E-state index < -0.39 is 0 Å². The third kappa shape index (κ3) is 3.45. The summed E-state index contributed by atoms with van der Waals surface area (Å²) < 4.78 is 0. The number of carbonyl (C=O) groups excluding carboxylic acids is 1. The van der Waals surface area contributed by atoms with Crippen LogP contribution in [0, 0.1) is 11.3 Å². The summed E-state index contributed by atoms with van der Waals surface area (Å²) in [7, 11) is 0. The van der Waals surface area contributed by atoms with Crippen molar-refractivity contribution < 1.29 is 4.79 Å². The number of H-pyrrole nitrogens is 1. The van der Waals surface area contributed by atoms with Crippen LogP contribution in [0.1, 0.15) is 46.5 Å². The second kappa shape index (κ2) is 6.35. The fraction of sp³-hybridized carbons (Fsp3) is 0.357. The zero-order chi connectivity index (χ0) is 14.5. The molecule has 6 heteroatoms. The van der Waals surface area contributed by atoms with Gasteiger partial charge < -0.3 is 10.3 Å².